The number of nitrogens with zero attached hydrogens (tertiary/aromatic N) is 1. The second kappa shape index (κ2) is 13.2. The fraction of sp³-hybridized carbons (Fsp3) is 0.600. The third-order valence-corrected chi connectivity index (χ3v) is 7.20. The molecule has 1 aromatic rings. The van der Waals surface area contributed by atoms with Crippen LogP contribution in [0.15, 0.2) is 41.8 Å². The monoisotopic (exact) mass is 495 g/mol. The number of ether oxygens (including phenoxy) is 2. The number of hydrogen-bond donors (Lipinski definition) is 0. The van der Waals surface area contributed by atoms with Crippen molar-refractivity contribution in [2.24, 2.45) is 0 Å². The molecule has 0 spiro atoms. The lowest BCUT2D eigenvalue weighted by molar-refractivity contribution is -0.116. The van der Waals surface area contributed by atoms with E-state index in [1.54, 1.807) is 34.6 Å². The van der Waals surface area contributed by atoms with Gasteiger partial charge in [0.05, 0.1) is 19.8 Å². The van der Waals surface area contributed by atoms with Crippen molar-refractivity contribution in [3.63, 3.8) is 0 Å². The zero-order valence-electron chi connectivity index (χ0n) is 21.0. The number of carbonyl (C=O) groups excluding carboxylic acids is 2. The van der Waals surface area contributed by atoms with Crippen LogP contribution in [0.3, 0.4) is 0 Å². The highest BCUT2D eigenvalue weighted by atomic mass is 31.2. The van der Waals surface area contributed by atoms with E-state index in [1.165, 1.54) is 11.1 Å². The first kappa shape index (κ1) is 28.2. The number of Topliss-reactive ketones (excluding diaryl/α,β-unsaturated/α-hetero) is 1. The Kier molecular flexibility index (Phi) is 11.0. The fourth-order valence-corrected chi connectivity index (χ4v) is 5.27. The van der Waals surface area contributed by atoms with Crippen molar-refractivity contribution >= 4 is 19.5 Å². The Bertz CT molecular complexity index is 869. The van der Waals surface area contributed by atoms with E-state index in [0.29, 0.717) is 19.6 Å². The van der Waals surface area contributed by atoms with E-state index in [0.717, 1.165) is 18.4 Å². The maximum atomic E-state index is 13.3. The molecule has 9 heteroatoms. The largest absolute Gasteiger partial charge is 0.443 e. The van der Waals surface area contributed by atoms with Crippen LogP contribution < -0.4 is 0 Å². The highest BCUT2D eigenvalue weighted by molar-refractivity contribution is 7.60. The van der Waals surface area contributed by atoms with Crippen LogP contribution in [0.4, 0.5) is 4.79 Å². The summed E-state index contributed by atoms with van der Waals surface area (Å²) in [4.78, 5) is 27.3. The molecule has 0 bridgehead atoms. The van der Waals surface area contributed by atoms with Gasteiger partial charge in [0.1, 0.15) is 10.9 Å². The number of rotatable bonds is 12. The van der Waals surface area contributed by atoms with Gasteiger partial charge in [-0.25, -0.2) is 4.79 Å². The minimum absolute atomic E-state index is 0.0279. The molecule has 190 valence electrons. The summed E-state index contributed by atoms with van der Waals surface area (Å²) >= 11 is 0. The molecule has 0 aromatic heterocycles. The number of unbranched alkanes of at least 4 members (excludes halogenated alkanes) is 1. The predicted octanol–water partition coefficient (Wildman–Crippen LogP) is 6.06. The second-order valence-electron chi connectivity index (χ2n) is 9.05. The standard InChI is InChI=1S/C25H38NO7P/c1-6-31-34(29,32-7-2)23-18-26(24(28)33-25(3,4)5)21(17-22(23)27)15-11-12-16-30-19-20-13-9-8-10-14-20/h8-10,13-14,18,21H,6-7,11-12,15-17,19H2,1-5H3/t21-/m0/s1. The molecule has 1 aromatic carbocycles. The van der Waals surface area contributed by atoms with Gasteiger partial charge in [-0.1, -0.05) is 30.3 Å². The first-order valence-electron chi connectivity index (χ1n) is 11.9. The van der Waals surface area contributed by atoms with Crippen LogP contribution in [-0.4, -0.2) is 48.2 Å². The van der Waals surface area contributed by atoms with Crippen molar-refractivity contribution in [2.45, 2.75) is 78.6 Å². The molecule has 0 N–H and O–H groups in total. The van der Waals surface area contributed by atoms with Gasteiger partial charge in [0.2, 0.25) is 0 Å². The zero-order chi connectivity index (χ0) is 25.2. The third-order valence-electron chi connectivity index (χ3n) is 5.05. The van der Waals surface area contributed by atoms with Crippen molar-refractivity contribution in [2.75, 3.05) is 19.8 Å². The van der Waals surface area contributed by atoms with Gasteiger partial charge in [-0.15, -0.1) is 0 Å². The van der Waals surface area contributed by atoms with Crippen LogP contribution in [0.1, 0.15) is 65.9 Å². The predicted molar refractivity (Wildman–Crippen MR) is 130 cm³/mol. The topological polar surface area (TPSA) is 91.4 Å². The Balaban J connectivity index is 2.07. The van der Waals surface area contributed by atoms with Gasteiger partial charge in [0.25, 0.3) is 0 Å². The van der Waals surface area contributed by atoms with Gasteiger partial charge in [0.15, 0.2) is 5.78 Å². The minimum Gasteiger partial charge on any atom is -0.443 e. The Morgan fingerprint density at radius 2 is 1.74 bits per heavy atom. The summed E-state index contributed by atoms with van der Waals surface area (Å²) in [5, 5.41) is -0.107. The van der Waals surface area contributed by atoms with E-state index in [-0.39, 0.29) is 30.7 Å². The van der Waals surface area contributed by atoms with Crippen molar-refractivity contribution < 1.29 is 32.7 Å². The van der Waals surface area contributed by atoms with Crippen LogP contribution in [0.5, 0.6) is 0 Å². The summed E-state index contributed by atoms with van der Waals surface area (Å²) in [6, 6.07) is 9.53. The molecule has 34 heavy (non-hydrogen) atoms. The Hall–Kier alpha value is -1.99. The highest BCUT2D eigenvalue weighted by Crippen LogP contribution is 2.57. The molecule has 2 rings (SSSR count). The molecule has 0 radical (unpaired) electrons. The number of carbonyl (C=O) groups is 2. The molecule has 8 nitrogen and oxygen atoms in total. The maximum absolute atomic E-state index is 13.3. The molecule has 0 saturated carbocycles. The van der Waals surface area contributed by atoms with Gasteiger partial charge in [-0.2, -0.15) is 0 Å². The van der Waals surface area contributed by atoms with E-state index in [4.69, 9.17) is 18.5 Å². The molecular formula is C25H38NO7P. The van der Waals surface area contributed by atoms with Gasteiger partial charge < -0.3 is 18.5 Å². The molecule has 1 atom stereocenters. The molecule has 0 aliphatic carbocycles. The SMILES string of the molecule is CCOP(=O)(OCC)C1=CN(C(=O)OC(C)(C)C)[C@@H](CCCCOCc2ccccc2)CC1=O. The summed E-state index contributed by atoms with van der Waals surface area (Å²) in [6.45, 7) is 10.0. The third kappa shape index (κ3) is 8.66. The molecule has 0 fully saturated rings. The van der Waals surface area contributed by atoms with Crippen LogP contribution in [0.25, 0.3) is 0 Å². The summed E-state index contributed by atoms with van der Waals surface area (Å²) < 4.78 is 35.3. The van der Waals surface area contributed by atoms with E-state index < -0.39 is 25.3 Å². The van der Waals surface area contributed by atoms with Crippen LogP contribution in [0.2, 0.25) is 0 Å². The van der Waals surface area contributed by atoms with Crippen molar-refractivity contribution in [1.82, 2.24) is 4.90 Å². The fourth-order valence-electron chi connectivity index (χ4n) is 3.57. The minimum atomic E-state index is -3.83. The summed E-state index contributed by atoms with van der Waals surface area (Å²) in [5.41, 5.74) is 0.397. The van der Waals surface area contributed by atoms with Crippen LogP contribution in [0, 0.1) is 0 Å². The quantitative estimate of drug-likeness (QED) is 0.257. The first-order valence-corrected chi connectivity index (χ1v) is 13.4. The number of amides is 1. The summed E-state index contributed by atoms with van der Waals surface area (Å²) in [7, 11) is -3.83. The molecule has 1 amide bonds. The summed E-state index contributed by atoms with van der Waals surface area (Å²) in [5.74, 6) is -0.338. The molecule has 1 aliphatic rings. The lowest BCUT2D eigenvalue weighted by Gasteiger charge is -2.35. The molecule has 0 unspecified atom stereocenters. The lowest BCUT2D eigenvalue weighted by Crippen LogP contribution is -2.44. The molecular weight excluding hydrogens is 457 g/mol. The van der Waals surface area contributed by atoms with Gasteiger partial charge in [-0.3, -0.25) is 14.3 Å². The first-order chi connectivity index (χ1) is 16.1. The maximum Gasteiger partial charge on any atom is 0.414 e. The molecule has 1 aliphatic heterocycles. The smallest absolute Gasteiger partial charge is 0.414 e. The average Bonchev–Trinajstić information content (AvgIpc) is 2.76. The highest BCUT2D eigenvalue weighted by Gasteiger charge is 2.42. The Labute approximate surface area is 203 Å². The van der Waals surface area contributed by atoms with E-state index in [9.17, 15) is 14.2 Å². The number of hydrogen-bond acceptors (Lipinski definition) is 7. The lowest BCUT2D eigenvalue weighted by atomic mass is 10.00. The molecule has 1 heterocycles. The van der Waals surface area contributed by atoms with Gasteiger partial charge in [0, 0.05) is 25.3 Å². The average molecular weight is 496 g/mol. The number of allylic oxidation sites excluding steroid dienone is 1. The number of benzene rings is 1. The van der Waals surface area contributed by atoms with Gasteiger partial charge >= 0.3 is 13.7 Å². The van der Waals surface area contributed by atoms with Crippen LogP contribution >= 0.6 is 7.60 Å². The summed E-state index contributed by atoms with van der Waals surface area (Å²) in [6.07, 6.45) is 2.86. The Morgan fingerprint density at radius 1 is 1.09 bits per heavy atom. The van der Waals surface area contributed by atoms with E-state index in [1.807, 2.05) is 30.3 Å². The molecule has 0 saturated heterocycles. The van der Waals surface area contributed by atoms with E-state index in [2.05, 4.69) is 0 Å². The number of ketones is 1. The van der Waals surface area contributed by atoms with Crippen LogP contribution in [-0.2, 0) is 34.5 Å². The second-order valence-corrected chi connectivity index (χ2v) is 11.0. The Morgan fingerprint density at radius 3 is 2.32 bits per heavy atom. The van der Waals surface area contributed by atoms with Crippen molar-refractivity contribution in [3.05, 3.63) is 47.4 Å². The normalized spacial score (nSPS) is 17.0. The van der Waals surface area contributed by atoms with Crippen molar-refractivity contribution in [1.29, 1.82) is 0 Å². The van der Waals surface area contributed by atoms with Crippen molar-refractivity contribution in [3.8, 4) is 0 Å². The van der Waals surface area contributed by atoms with Gasteiger partial charge in [-0.05, 0) is 59.4 Å². The van der Waals surface area contributed by atoms with E-state index >= 15 is 0 Å². The zero-order valence-corrected chi connectivity index (χ0v) is 21.8.